The molecule has 2 aliphatic rings. The van der Waals surface area contributed by atoms with Crippen LogP contribution in [0.5, 0.6) is 5.75 Å². The van der Waals surface area contributed by atoms with Crippen LogP contribution in [0.2, 0.25) is 0 Å². The number of sulfone groups is 1. The first kappa shape index (κ1) is 25.9. The highest BCUT2D eigenvalue weighted by Crippen LogP contribution is 2.43. The van der Waals surface area contributed by atoms with E-state index < -0.39 is 28.1 Å². The Kier molecular flexibility index (Phi) is 7.72. The number of methoxy groups -OCH3 is 1. The second kappa shape index (κ2) is 10.4. The normalized spacial score (nSPS) is 27.2. The van der Waals surface area contributed by atoms with Crippen LogP contribution in [-0.2, 0) is 9.84 Å². The number of β-amino-alcohol motifs (C(OH)–C–C–N with tert-alkyl or cyclic N) is 1. The number of rotatable bonds is 5. The maximum absolute atomic E-state index is 13.2. The number of nitrogens with one attached hydrogen (secondary N) is 1. The van der Waals surface area contributed by atoms with Gasteiger partial charge in [-0.2, -0.15) is 0 Å². The number of amides is 2. The molecule has 11 heteroatoms. The smallest absolute Gasteiger partial charge is 0.321 e. The number of nitrogens with zero attached hydrogens (tertiary/aromatic N) is 2. The number of aliphatic hydroxyl groups excluding tert-OH is 2. The minimum absolute atomic E-state index is 0.0443. The molecule has 4 rings (SSSR count). The van der Waals surface area contributed by atoms with Gasteiger partial charge in [0.25, 0.3) is 0 Å². The molecule has 0 unspecified atom stereocenters. The Hall–Kier alpha value is -2.18. The molecule has 2 aliphatic heterocycles. The van der Waals surface area contributed by atoms with Crippen LogP contribution in [0.4, 0.5) is 10.5 Å². The van der Waals surface area contributed by atoms with E-state index in [4.69, 9.17) is 4.74 Å². The fraction of sp³-hybridized carbons (Fsp3) is 0.458. The first-order valence-corrected chi connectivity index (χ1v) is 14.2. The SMILES string of the molecule is COc1ccc(NC(=O)N2C[C@@H](O)[C@@H](O)CN3[C@H](CS(C)(=O)=O)[C@H](c4ccc(Br)cc4)[C@@H]3C2)cc1. The van der Waals surface area contributed by atoms with Crippen molar-refractivity contribution in [1.29, 1.82) is 0 Å². The molecule has 5 atom stereocenters. The van der Waals surface area contributed by atoms with Crippen LogP contribution in [0.25, 0.3) is 0 Å². The Morgan fingerprint density at radius 2 is 1.69 bits per heavy atom. The molecule has 2 heterocycles. The third kappa shape index (κ3) is 5.97. The summed E-state index contributed by atoms with van der Waals surface area (Å²) in [5.74, 6) is 0.425. The molecule has 2 aromatic rings. The van der Waals surface area contributed by atoms with Gasteiger partial charge in [0.2, 0.25) is 0 Å². The maximum Gasteiger partial charge on any atom is 0.321 e. The Morgan fingerprint density at radius 1 is 1.06 bits per heavy atom. The van der Waals surface area contributed by atoms with Crippen molar-refractivity contribution >= 4 is 37.5 Å². The third-order valence-electron chi connectivity index (χ3n) is 6.69. The second-order valence-electron chi connectivity index (χ2n) is 9.20. The zero-order valence-corrected chi connectivity index (χ0v) is 21.9. The van der Waals surface area contributed by atoms with E-state index in [0.717, 1.165) is 10.0 Å². The number of benzene rings is 2. The van der Waals surface area contributed by atoms with Crippen molar-refractivity contribution in [1.82, 2.24) is 9.80 Å². The highest BCUT2D eigenvalue weighted by molar-refractivity contribution is 9.10. The number of urea groups is 1. The molecule has 2 amide bonds. The number of hydrogen-bond donors (Lipinski definition) is 3. The number of carbonyl (C=O) groups excluding carboxylic acids is 1. The summed E-state index contributed by atoms with van der Waals surface area (Å²) < 4.78 is 30.5. The summed E-state index contributed by atoms with van der Waals surface area (Å²) in [6, 6.07) is 13.6. The van der Waals surface area contributed by atoms with Gasteiger partial charge in [0.05, 0.1) is 31.6 Å². The molecule has 0 aromatic heterocycles. The van der Waals surface area contributed by atoms with E-state index in [1.54, 1.807) is 31.4 Å². The van der Waals surface area contributed by atoms with Gasteiger partial charge in [-0.1, -0.05) is 28.1 Å². The first-order valence-electron chi connectivity index (χ1n) is 11.3. The van der Waals surface area contributed by atoms with Crippen LogP contribution >= 0.6 is 15.9 Å². The summed E-state index contributed by atoms with van der Waals surface area (Å²) >= 11 is 3.44. The van der Waals surface area contributed by atoms with E-state index in [9.17, 15) is 23.4 Å². The molecule has 2 aromatic carbocycles. The van der Waals surface area contributed by atoms with Crippen molar-refractivity contribution in [3.05, 3.63) is 58.6 Å². The molecule has 190 valence electrons. The molecule has 2 fully saturated rings. The average Bonchev–Trinajstić information content (AvgIpc) is 2.80. The fourth-order valence-corrected chi connectivity index (χ4v) is 6.25. The second-order valence-corrected chi connectivity index (χ2v) is 12.3. The molecule has 0 spiro atoms. The van der Waals surface area contributed by atoms with Crippen LogP contribution in [-0.4, -0.2) is 97.5 Å². The minimum Gasteiger partial charge on any atom is -0.497 e. The molecule has 9 nitrogen and oxygen atoms in total. The highest BCUT2D eigenvalue weighted by atomic mass is 79.9. The van der Waals surface area contributed by atoms with Gasteiger partial charge in [0.15, 0.2) is 0 Å². The first-order chi connectivity index (χ1) is 16.6. The van der Waals surface area contributed by atoms with Crippen molar-refractivity contribution in [3.63, 3.8) is 0 Å². The Labute approximate surface area is 213 Å². The molecule has 3 N–H and O–H groups in total. The molecule has 0 bridgehead atoms. The fourth-order valence-electron chi connectivity index (χ4n) is 4.97. The van der Waals surface area contributed by atoms with E-state index in [1.165, 1.54) is 11.2 Å². The summed E-state index contributed by atoms with van der Waals surface area (Å²) in [5, 5.41) is 24.0. The Balaban J connectivity index is 1.61. The summed E-state index contributed by atoms with van der Waals surface area (Å²) in [6.45, 7) is 0.358. The van der Waals surface area contributed by atoms with Crippen molar-refractivity contribution in [3.8, 4) is 5.75 Å². The lowest BCUT2D eigenvalue weighted by Crippen LogP contribution is -2.71. The lowest BCUT2D eigenvalue weighted by Gasteiger charge is -2.58. The van der Waals surface area contributed by atoms with E-state index in [-0.39, 0.29) is 43.4 Å². The largest absolute Gasteiger partial charge is 0.497 e. The monoisotopic (exact) mass is 567 g/mol. The topological polar surface area (TPSA) is 119 Å². The predicted octanol–water partition coefficient (Wildman–Crippen LogP) is 1.91. The molecule has 2 saturated heterocycles. The van der Waals surface area contributed by atoms with E-state index in [1.807, 2.05) is 29.2 Å². The number of halogens is 1. The number of fused-ring (bicyclic) bond motifs is 1. The molecular weight excluding hydrogens is 538 g/mol. The number of carbonyl (C=O) groups is 1. The lowest BCUT2D eigenvalue weighted by atomic mass is 9.74. The number of ether oxygens (including phenoxy) is 1. The molecule has 0 radical (unpaired) electrons. The summed E-state index contributed by atoms with van der Waals surface area (Å²) in [6.07, 6.45) is -1.09. The van der Waals surface area contributed by atoms with Crippen molar-refractivity contribution < 1.29 is 28.2 Å². The number of anilines is 1. The van der Waals surface area contributed by atoms with Crippen molar-refractivity contribution in [2.75, 3.05) is 44.1 Å². The standard InChI is InChI=1S/C24H30BrN3O6S/c1-34-18-9-7-17(8-10-18)26-24(31)27-11-19-23(15-3-5-16(25)6-4-15)20(14-35(2,32)33)28(19)13-22(30)21(29)12-27/h3-10,19-23,29-30H,11-14H2,1-2H3,(H,26,31)/t19-,20+,21+,22-,23+/m0/s1. The van der Waals surface area contributed by atoms with Gasteiger partial charge < -0.3 is 25.2 Å². The Morgan fingerprint density at radius 3 is 2.29 bits per heavy atom. The Bertz CT molecular complexity index is 1140. The van der Waals surface area contributed by atoms with Gasteiger partial charge in [0.1, 0.15) is 15.6 Å². The van der Waals surface area contributed by atoms with Crippen molar-refractivity contribution in [2.45, 2.75) is 30.2 Å². The van der Waals surface area contributed by atoms with Gasteiger partial charge in [-0.05, 0) is 42.0 Å². The van der Waals surface area contributed by atoms with Crippen LogP contribution in [0, 0.1) is 0 Å². The molecule has 35 heavy (non-hydrogen) atoms. The average molecular weight is 568 g/mol. The van der Waals surface area contributed by atoms with Gasteiger partial charge in [0, 0.05) is 47.5 Å². The van der Waals surface area contributed by atoms with Crippen molar-refractivity contribution in [2.24, 2.45) is 0 Å². The summed E-state index contributed by atoms with van der Waals surface area (Å²) in [5.41, 5.74) is 1.53. The number of aliphatic hydroxyl groups is 2. The highest BCUT2D eigenvalue weighted by Gasteiger charge is 2.52. The van der Waals surface area contributed by atoms with Gasteiger partial charge in [-0.15, -0.1) is 0 Å². The molecule has 0 aliphatic carbocycles. The quantitative estimate of drug-likeness (QED) is 0.504. The number of hydrogen-bond acceptors (Lipinski definition) is 7. The van der Waals surface area contributed by atoms with Crippen LogP contribution in [0.3, 0.4) is 0 Å². The molecular formula is C24H30BrN3O6S. The summed E-state index contributed by atoms with van der Waals surface area (Å²) in [4.78, 5) is 16.6. The van der Waals surface area contributed by atoms with E-state index in [2.05, 4.69) is 21.2 Å². The van der Waals surface area contributed by atoms with Crippen LogP contribution in [0.1, 0.15) is 11.5 Å². The van der Waals surface area contributed by atoms with E-state index >= 15 is 0 Å². The summed E-state index contributed by atoms with van der Waals surface area (Å²) in [7, 11) is -1.75. The maximum atomic E-state index is 13.2. The van der Waals surface area contributed by atoms with Crippen LogP contribution in [0.15, 0.2) is 53.0 Å². The lowest BCUT2D eigenvalue weighted by molar-refractivity contribution is -0.0957. The zero-order valence-electron chi connectivity index (χ0n) is 19.5. The van der Waals surface area contributed by atoms with Crippen LogP contribution < -0.4 is 10.1 Å². The zero-order chi connectivity index (χ0) is 25.3. The van der Waals surface area contributed by atoms with Gasteiger partial charge >= 0.3 is 6.03 Å². The predicted molar refractivity (Wildman–Crippen MR) is 136 cm³/mol. The van der Waals surface area contributed by atoms with Gasteiger partial charge in [-0.3, -0.25) is 4.90 Å². The van der Waals surface area contributed by atoms with E-state index in [0.29, 0.717) is 11.4 Å². The minimum atomic E-state index is -3.31. The third-order valence-corrected chi connectivity index (χ3v) is 8.17. The van der Waals surface area contributed by atoms with Gasteiger partial charge in [-0.25, -0.2) is 13.2 Å². The molecule has 0 saturated carbocycles.